The molecule has 1 heterocycles. The minimum atomic E-state index is -0.368. The van der Waals surface area contributed by atoms with Crippen LogP contribution < -0.4 is 16.0 Å². The quantitative estimate of drug-likeness (QED) is 0.712. The van der Waals surface area contributed by atoms with Gasteiger partial charge in [0.05, 0.1) is 12.1 Å². The van der Waals surface area contributed by atoms with Crippen molar-refractivity contribution >= 4 is 34.1 Å². The van der Waals surface area contributed by atoms with Crippen molar-refractivity contribution in [2.75, 3.05) is 17.2 Å². The number of benzene rings is 1. The van der Waals surface area contributed by atoms with Crippen LogP contribution in [-0.4, -0.2) is 23.5 Å². The molecule has 0 aliphatic heterocycles. The second-order valence-corrected chi connectivity index (χ2v) is 5.72. The Kier molecular flexibility index (Phi) is 5.87. The van der Waals surface area contributed by atoms with E-state index in [1.54, 1.807) is 11.5 Å². The van der Waals surface area contributed by atoms with E-state index in [0.29, 0.717) is 23.1 Å². The number of anilines is 2. The number of aryl methyl sites for hydroxylation is 1. The van der Waals surface area contributed by atoms with E-state index in [2.05, 4.69) is 27.5 Å². The highest BCUT2D eigenvalue weighted by molar-refractivity contribution is 7.13. The van der Waals surface area contributed by atoms with E-state index in [9.17, 15) is 9.59 Å². The highest BCUT2D eigenvalue weighted by atomic mass is 32.1. The Balaban J connectivity index is 1.87. The van der Waals surface area contributed by atoms with Gasteiger partial charge in [0, 0.05) is 17.6 Å². The lowest BCUT2D eigenvalue weighted by Gasteiger charge is -2.05. The van der Waals surface area contributed by atoms with Gasteiger partial charge in [0.2, 0.25) is 5.91 Å². The molecule has 0 bridgehead atoms. The van der Waals surface area contributed by atoms with Crippen molar-refractivity contribution in [3.8, 4) is 0 Å². The van der Waals surface area contributed by atoms with Gasteiger partial charge in [-0.2, -0.15) is 0 Å². The summed E-state index contributed by atoms with van der Waals surface area (Å²) in [5.41, 5.74) is 2.38. The van der Waals surface area contributed by atoms with Crippen LogP contribution in [0.1, 0.15) is 11.3 Å². The SMILES string of the molecule is C=CCNC(=O)Cc1csc(NC(=O)Nc2cccc(C)c2)n1. The maximum absolute atomic E-state index is 11.9. The molecule has 0 saturated heterocycles. The van der Waals surface area contributed by atoms with Crippen LogP contribution in [0.25, 0.3) is 0 Å². The first kappa shape index (κ1) is 16.7. The van der Waals surface area contributed by atoms with E-state index in [1.807, 2.05) is 31.2 Å². The number of hydrogen-bond acceptors (Lipinski definition) is 4. The average Bonchev–Trinajstić information content (AvgIpc) is 2.91. The molecule has 0 unspecified atom stereocenters. The first-order valence-electron chi connectivity index (χ1n) is 7.03. The Hall–Kier alpha value is -2.67. The van der Waals surface area contributed by atoms with Gasteiger partial charge in [0.25, 0.3) is 0 Å². The standard InChI is InChI=1S/C16H18N4O2S/c1-3-7-17-14(21)9-13-10-23-16(19-13)20-15(22)18-12-6-4-5-11(2)8-12/h3-6,8,10H,1,7,9H2,2H3,(H,17,21)(H2,18,19,20,22). The van der Waals surface area contributed by atoms with Crippen LogP contribution in [0.4, 0.5) is 15.6 Å². The van der Waals surface area contributed by atoms with Crippen LogP contribution in [-0.2, 0) is 11.2 Å². The highest BCUT2D eigenvalue weighted by Crippen LogP contribution is 2.16. The summed E-state index contributed by atoms with van der Waals surface area (Å²) < 4.78 is 0. The fourth-order valence-electron chi connectivity index (χ4n) is 1.84. The molecule has 0 spiro atoms. The summed E-state index contributed by atoms with van der Waals surface area (Å²) in [4.78, 5) is 27.7. The van der Waals surface area contributed by atoms with Crippen LogP contribution in [0, 0.1) is 6.92 Å². The third kappa shape index (κ3) is 5.55. The molecule has 1 aromatic carbocycles. The lowest BCUT2D eigenvalue weighted by Crippen LogP contribution is -2.25. The molecule has 2 rings (SSSR count). The van der Waals surface area contributed by atoms with Gasteiger partial charge in [-0.05, 0) is 24.6 Å². The number of amides is 3. The first-order chi connectivity index (χ1) is 11.1. The molecule has 0 fully saturated rings. The number of hydrogen-bond donors (Lipinski definition) is 3. The lowest BCUT2D eigenvalue weighted by atomic mass is 10.2. The molecule has 0 saturated carbocycles. The normalized spacial score (nSPS) is 9.96. The largest absolute Gasteiger partial charge is 0.352 e. The van der Waals surface area contributed by atoms with E-state index in [-0.39, 0.29) is 18.4 Å². The number of rotatable bonds is 6. The zero-order valence-corrected chi connectivity index (χ0v) is 13.6. The number of carbonyl (C=O) groups excluding carboxylic acids is 2. The zero-order chi connectivity index (χ0) is 16.7. The summed E-state index contributed by atoms with van der Waals surface area (Å²) in [6.45, 7) is 5.91. The number of urea groups is 1. The van der Waals surface area contributed by atoms with Crippen LogP contribution in [0.2, 0.25) is 0 Å². The van der Waals surface area contributed by atoms with Crippen LogP contribution in [0.15, 0.2) is 42.3 Å². The highest BCUT2D eigenvalue weighted by Gasteiger charge is 2.09. The Morgan fingerprint density at radius 1 is 1.35 bits per heavy atom. The average molecular weight is 330 g/mol. The van der Waals surface area contributed by atoms with Gasteiger partial charge in [-0.3, -0.25) is 10.1 Å². The van der Waals surface area contributed by atoms with Crippen molar-refractivity contribution in [2.24, 2.45) is 0 Å². The number of aromatic nitrogens is 1. The molecule has 23 heavy (non-hydrogen) atoms. The summed E-state index contributed by atoms with van der Waals surface area (Å²) in [6.07, 6.45) is 1.78. The minimum absolute atomic E-state index is 0.133. The van der Waals surface area contributed by atoms with Crippen molar-refractivity contribution < 1.29 is 9.59 Å². The summed E-state index contributed by atoms with van der Waals surface area (Å²) in [5.74, 6) is -0.133. The Labute approximate surface area is 138 Å². The summed E-state index contributed by atoms with van der Waals surface area (Å²) >= 11 is 1.27. The van der Waals surface area contributed by atoms with E-state index in [0.717, 1.165) is 5.56 Å². The van der Waals surface area contributed by atoms with Crippen molar-refractivity contribution in [3.63, 3.8) is 0 Å². The van der Waals surface area contributed by atoms with Gasteiger partial charge in [-0.15, -0.1) is 17.9 Å². The monoisotopic (exact) mass is 330 g/mol. The van der Waals surface area contributed by atoms with Crippen LogP contribution in [0.3, 0.4) is 0 Å². The molecule has 3 amide bonds. The second kappa shape index (κ2) is 8.09. The fourth-order valence-corrected chi connectivity index (χ4v) is 2.55. The Bertz CT molecular complexity index is 712. The van der Waals surface area contributed by atoms with Crippen LogP contribution in [0.5, 0.6) is 0 Å². The van der Waals surface area contributed by atoms with E-state index in [1.165, 1.54) is 11.3 Å². The molecule has 7 heteroatoms. The van der Waals surface area contributed by atoms with Crippen molar-refractivity contribution in [2.45, 2.75) is 13.3 Å². The van der Waals surface area contributed by atoms with Crippen molar-refractivity contribution in [1.82, 2.24) is 10.3 Å². The molecular weight excluding hydrogens is 312 g/mol. The molecule has 6 nitrogen and oxygen atoms in total. The van der Waals surface area contributed by atoms with Gasteiger partial charge >= 0.3 is 6.03 Å². The van der Waals surface area contributed by atoms with Crippen molar-refractivity contribution in [3.05, 3.63) is 53.6 Å². The Morgan fingerprint density at radius 3 is 2.91 bits per heavy atom. The molecule has 0 aliphatic carbocycles. The van der Waals surface area contributed by atoms with E-state index in [4.69, 9.17) is 0 Å². The molecule has 120 valence electrons. The minimum Gasteiger partial charge on any atom is -0.352 e. The van der Waals surface area contributed by atoms with E-state index < -0.39 is 0 Å². The molecule has 0 atom stereocenters. The third-order valence-corrected chi connectivity index (χ3v) is 3.64. The molecule has 1 aromatic heterocycles. The van der Waals surface area contributed by atoms with Gasteiger partial charge in [-0.25, -0.2) is 9.78 Å². The first-order valence-corrected chi connectivity index (χ1v) is 7.91. The van der Waals surface area contributed by atoms with Crippen LogP contribution >= 0.6 is 11.3 Å². The summed E-state index contributed by atoms with van der Waals surface area (Å²) in [5, 5.41) is 10.3. The zero-order valence-electron chi connectivity index (χ0n) is 12.8. The number of thiazole rings is 1. The number of nitrogens with zero attached hydrogens (tertiary/aromatic N) is 1. The van der Waals surface area contributed by atoms with Gasteiger partial charge in [0.15, 0.2) is 5.13 Å². The molecule has 2 aromatic rings. The predicted molar refractivity (Wildman–Crippen MR) is 92.8 cm³/mol. The van der Waals surface area contributed by atoms with Crippen molar-refractivity contribution in [1.29, 1.82) is 0 Å². The maximum atomic E-state index is 11.9. The lowest BCUT2D eigenvalue weighted by molar-refractivity contribution is -0.120. The van der Waals surface area contributed by atoms with Gasteiger partial charge in [-0.1, -0.05) is 18.2 Å². The molecule has 0 radical (unpaired) electrons. The summed E-state index contributed by atoms with van der Waals surface area (Å²) in [7, 11) is 0. The fraction of sp³-hybridized carbons (Fsp3) is 0.188. The van der Waals surface area contributed by atoms with E-state index >= 15 is 0 Å². The predicted octanol–water partition coefficient (Wildman–Crippen LogP) is 2.94. The molecule has 3 N–H and O–H groups in total. The van der Waals surface area contributed by atoms with Gasteiger partial charge < -0.3 is 10.6 Å². The number of nitrogens with one attached hydrogen (secondary N) is 3. The van der Waals surface area contributed by atoms with Gasteiger partial charge in [0.1, 0.15) is 0 Å². The number of carbonyl (C=O) groups is 2. The maximum Gasteiger partial charge on any atom is 0.325 e. The Morgan fingerprint density at radius 2 is 2.17 bits per heavy atom. The second-order valence-electron chi connectivity index (χ2n) is 4.86. The summed E-state index contributed by atoms with van der Waals surface area (Å²) in [6, 6.07) is 7.13. The molecule has 0 aliphatic rings. The smallest absolute Gasteiger partial charge is 0.325 e. The third-order valence-electron chi connectivity index (χ3n) is 2.83. The topological polar surface area (TPSA) is 83.1 Å². The molecular formula is C16H18N4O2S.